The molecular formula is C18H33IN4O. The fraction of sp³-hybridized carbons (Fsp3) is 0.778. The van der Waals surface area contributed by atoms with Gasteiger partial charge in [0, 0.05) is 19.7 Å². The average molecular weight is 448 g/mol. The van der Waals surface area contributed by atoms with Gasteiger partial charge in [0.2, 0.25) is 0 Å². The monoisotopic (exact) mass is 448 g/mol. The van der Waals surface area contributed by atoms with Crippen molar-refractivity contribution in [1.29, 1.82) is 0 Å². The first-order valence-electron chi connectivity index (χ1n) is 8.98. The van der Waals surface area contributed by atoms with E-state index in [2.05, 4.69) is 41.6 Å². The first-order valence-corrected chi connectivity index (χ1v) is 8.98. The fourth-order valence-corrected chi connectivity index (χ4v) is 3.29. The molecular weight excluding hydrogens is 415 g/mol. The molecule has 2 unspecified atom stereocenters. The second kappa shape index (κ2) is 10.9. The van der Waals surface area contributed by atoms with E-state index in [9.17, 15) is 0 Å². The molecule has 6 heteroatoms. The maximum Gasteiger partial charge on any atom is 0.191 e. The van der Waals surface area contributed by atoms with E-state index < -0.39 is 0 Å². The average Bonchev–Trinajstić information content (AvgIpc) is 3.00. The minimum Gasteiger partial charge on any atom is -0.359 e. The van der Waals surface area contributed by atoms with E-state index in [0.717, 1.165) is 35.8 Å². The third-order valence-corrected chi connectivity index (χ3v) is 4.71. The Kier molecular flexibility index (Phi) is 9.69. The Hall–Kier alpha value is -0.790. The van der Waals surface area contributed by atoms with Gasteiger partial charge in [0.1, 0.15) is 0 Å². The Bertz CT molecular complexity index is 501. The van der Waals surface area contributed by atoms with Gasteiger partial charge >= 0.3 is 0 Å². The van der Waals surface area contributed by atoms with Crippen LogP contribution in [0.1, 0.15) is 70.2 Å². The van der Waals surface area contributed by atoms with Gasteiger partial charge in [-0.15, -0.1) is 24.0 Å². The topological polar surface area (TPSA) is 62.5 Å². The second-order valence-corrected chi connectivity index (χ2v) is 7.15. The molecule has 5 nitrogen and oxygen atoms in total. The molecule has 1 heterocycles. The largest absolute Gasteiger partial charge is 0.359 e. The summed E-state index contributed by atoms with van der Waals surface area (Å²) in [5.74, 6) is 3.83. The summed E-state index contributed by atoms with van der Waals surface area (Å²) in [7, 11) is 1.80. The molecule has 2 rings (SSSR count). The van der Waals surface area contributed by atoms with Crippen molar-refractivity contribution >= 4 is 29.9 Å². The molecule has 0 saturated heterocycles. The van der Waals surface area contributed by atoms with Gasteiger partial charge in [-0.05, 0) is 30.6 Å². The number of aromatic nitrogens is 1. The van der Waals surface area contributed by atoms with Crippen LogP contribution in [0.5, 0.6) is 0 Å². The molecule has 138 valence electrons. The molecule has 0 amide bonds. The van der Waals surface area contributed by atoms with Crippen molar-refractivity contribution in [1.82, 2.24) is 15.8 Å². The number of halogens is 1. The maximum atomic E-state index is 5.34. The summed E-state index contributed by atoms with van der Waals surface area (Å²) >= 11 is 0. The summed E-state index contributed by atoms with van der Waals surface area (Å²) in [6.07, 6.45) is 6.79. The van der Waals surface area contributed by atoms with E-state index >= 15 is 0 Å². The zero-order chi connectivity index (χ0) is 16.7. The number of nitrogens with one attached hydrogen (secondary N) is 2. The van der Waals surface area contributed by atoms with Crippen molar-refractivity contribution < 1.29 is 4.52 Å². The van der Waals surface area contributed by atoms with Gasteiger partial charge in [0.25, 0.3) is 0 Å². The van der Waals surface area contributed by atoms with Crippen LogP contribution in [0.2, 0.25) is 0 Å². The van der Waals surface area contributed by atoms with Crippen LogP contribution in [0.25, 0.3) is 0 Å². The molecule has 2 atom stereocenters. The van der Waals surface area contributed by atoms with E-state index in [1.54, 1.807) is 7.05 Å². The lowest BCUT2D eigenvalue weighted by molar-refractivity contribution is 0.270. The first-order chi connectivity index (χ1) is 11.1. The second-order valence-electron chi connectivity index (χ2n) is 7.15. The predicted molar refractivity (Wildman–Crippen MR) is 110 cm³/mol. The number of rotatable bonds is 6. The van der Waals surface area contributed by atoms with Crippen LogP contribution >= 0.6 is 24.0 Å². The summed E-state index contributed by atoms with van der Waals surface area (Å²) in [5, 5.41) is 10.8. The van der Waals surface area contributed by atoms with Crippen LogP contribution in [0.3, 0.4) is 0 Å². The van der Waals surface area contributed by atoms with E-state index in [4.69, 9.17) is 4.52 Å². The predicted octanol–water partition coefficient (Wildman–Crippen LogP) is 4.30. The highest BCUT2D eigenvalue weighted by molar-refractivity contribution is 14.0. The van der Waals surface area contributed by atoms with Crippen molar-refractivity contribution in [3.05, 3.63) is 17.5 Å². The molecule has 0 aromatic carbocycles. The van der Waals surface area contributed by atoms with Gasteiger partial charge in [0.05, 0.1) is 12.2 Å². The number of hydrogen-bond acceptors (Lipinski definition) is 3. The summed E-state index contributed by atoms with van der Waals surface area (Å²) in [6.45, 7) is 8.19. The molecule has 1 aliphatic carbocycles. The van der Waals surface area contributed by atoms with Crippen molar-refractivity contribution in [2.24, 2.45) is 16.8 Å². The Balaban J connectivity index is 0.00000288. The highest BCUT2D eigenvalue weighted by Gasteiger charge is 2.18. The third-order valence-electron chi connectivity index (χ3n) is 4.71. The quantitative estimate of drug-likeness (QED) is 0.387. The molecule has 24 heavy (non-hydrogen) atoms. The van der Waals surface area contributed by atoms with E-state index in [1.807, 2.05) is 6.07 Å². The highest BCUT2D eigenvalue weighted by Crippen LogP contribution is 2.30. The Labute approximate surface area is 163 Å². The van der Waals surface area contributed by atoms with Crippen molar-refractivity contribution in [3.8, 4) is 0 Å². The van der Waals surface area contributed by atoms with E-state index in [-0.39, 0.29) is 24.0 Å². The van der Waals surface area contributed by atoms with E-state index in [0.29, 0.717) is 12.5 Å². The standard InChI is InChI=1S/C18H32N4O.HI/c1-13(2)17-11-16(23-22-17)12-21-18(19-4)20-9-8-15-7-5-6-14(3)10-15;/h11,13-15H,5-10,12H2,1-4H3,(H2,19,20,21);1H. The van der Waals surface area contributed by atoms with Crippen molar-refractivity contribution in [3.63, 3.8) is 0 Å². The van der Waals surface area contributed by atoms with Gasteiger partial charge in [-0.25, -0.2) is 0 Å². The normalized spacial score (nSPS) is 21.5. The zero-order valence-electron chi connectivity index (χ0n) is 15.5. The first kappa shape index (κ1) is 21.3. The highest BCUT2D eigenvalue weighted by atomic mass is 127. The minimum atomic E-state index is 0. The van der Waals surface area contributed by atoms with Crippen molar-refractivity contribution in [2.75, 3.05) is 13.6 Å². The van der Waals surface area contributed by atoms with Gasteiger partial charge < -0.3 is 15.2 Å². The lowest BCUT2D eigenvalue weighted by atomic mass is 9.81. The molecule has 1 fully saturated rings. The smallest absolute Gasteiger partial charge is 0.191 e. The summed E-state index contributed by atoms with van der Waals surface area (Å²) in [4.78, 5) is 4.27. The molecule has 1 aliphatic rings. The molecule has 0 aliphatic heterocycles. The summed E-state index contributed by atoms with van der Waals surface area (Å²) in [6, 6.07) is 2.01. The van der Waals surface area contributed by atoms with E-state index in [1.165, 1.54) is 32.1 Å². The molecule has 1 saturated carbocycles. The number of nitrogens with zero attached hydrogens (tertiary/aromatic N) is 2. The molecule has 0 spiro atoms. The minimum absolute atomic E-state index is 0. The van der Waals surface area contributed by atoms with Crippen LogP contribution in [-0.4, -0.2) is 24.7 Å². The Morgan fingerprint density at radius 3 is 2.79 bits per heavy atom. The molecule has 0 bridgehead atoms. The Morgan fingerprint density at radius 2 is 2.17 bits per heavy atom. The van der Waals surface area contributed by atoms with Gasteiger partial charge in [-0.2, -0.15) is 0 Å². The van der Waals surface area contributed by atoms with Crippen LogP contribution in [0.15, 0.2) is 15.6 Å². The molecule has 0 radical (unpaired) electrons. The van der Waals surface area contributed by atoms with Gasteiger partial charge in [-0.3, -0.25) is 4.99 Å². The van der Waals surface area contributed by atoms with Gasteiger partial charge in [-0.1, -0.05) is 45.2 Å². The van der Waals surface area contributed by atoms with Gasteiger partial charge in [0.15, 0.2) is 11.7 Å². The SMILES string of the molecule is CN=C(NCCC1CCCC(C)C1)NCc1cc(C(C)C)no1.I. The van der Waals surface area contributed by atoms with Crippen molar-refractivity contribution in [2.45, 2.75) is 65.3 Å². The van der Waals surface area contributed by atoms with Crippen LogP contribution in [0, 0.1) is 11.8 Å². The molecule has 1 aromatic heterocycles. The lowest BCUT2D eigenvalue weighted by Crippen LogP contribution is -2.38. The third kappa shape index (κ3) is 6.99. The fourth-order valence-electron chi connectivity index (χ4n) is 3.29. The number of aliphatic imine (C=N–C) groups is 1. The summed E-state index contributed by atoms with van der Waals surface area (Å²) in [5.41, 5.74) is 0.996. The molecule has 1 aromatic rings. The molecule has 2 N–H and O–H groups in total. The number of hydrogen-bond donors (Lipinski definition) is 2. The number of guanidine groups is 1. The Morgan fingerprint density at radius 1 is 1.38 bits per heavy atom. The van der Waals surface area contributed by atoms with Crippen LogP contribution in [-0.2, 0) is 6.54 Å². The maximum absolute atomic E-state index is 5.34. The van der Waals surface area contributed by atoms with Crippen LogP contribution < -0.4 is 10.6 Å². The summed E-state index contributed by atoms with van der Waals surface area (Å²) < 4.78 is 5.34. The lowest BCUT2D eigenvalue weighted by Gasteiger charge is -2.26. The van der Waals surface area contributed by atoms with Crippen LogP contribution in [0.4, 0.5) is 0 Å². The zero-order valence-corrected chi connectivity index (χ0v) is 17.8.